The molecule has 3 nitrogen and oxygen atoms in total. The molecule has 1 aromatic carbocycles. The van der Waals surface area contributed by atoms with E-state index in [9.17, 15) is 5.11 Å². The number of nitrogens with one attached hydrogen (secondary N) is 1. The summed E-state index contributed by atoms with van der Waals surface area (Å²) in [5.74, 6) is 0. The zero-order chi connectivity index (χ0) is 14.8. The predicted octanol–water partition coefficient (Wildman–Crippen LogP) is 3.30. The van der Waals surface area contributed by atoms with Gasteiger partial charge >= 0.3 is 0 Å². The van der Waals surface area contributed by atoms with Gasteiger partial charge < -0.3 is 15.3 Å². The summed E-state index contributed by atoms with van der Waals surface area (Å²) < 4.78 is 1.11. The van der Waals surface area contributed by atoms with Crippen molar-refractivity contribution in [3.05, 3.63) is 28.2 Å². The van der Waals surface area contributed by atoms with Gasteiger partial charge in [-0.1, -0.05) is 15.9 Å². The van der Waals surface area contributed by atoms with Crippen molar-refractivity contribution in [3.63, 3.8) is 0 Å². The maximum Gasteiger partial charge on any atom is 0.0574 e. The number of aliphatic hydroxyl groups is 1. The minimum Gasteiger partial charge on any atom is -0.393 e. The maximum atomic E-state index is 9.65. The normalized spacial score (nSPS) is 17.6. The Bertz CT molecular complexity index is 448. The third-order valence-electron chi connectivity index (χ3n) is 3.66. The molecule has 2 rings (SSSR count). The van der Waals surface area contributed by atoms with Crippen LogP contribution in [0.3, 0.4) is 0 Å². The molecule has 2 N–H and O–H groups in total. The van der Waals surface area contributed by atoms with Crippen LogP contribution in [0.2, 0.25) is 0 Å². The van der Waals surface area contributed by atoms with Crippen molar-refractivity contribution < 1.29 is 5.11 Å². The molecule has 1 aromatic rings. The van der Waals surface area contributed by atoms with Crippen molar-refractivity contribution in [1.82, 2.24) is 5.32 Å². The quantitative estimate of drug-likeness (QED) is 0.886. The van der Waals surface area contributed by atoms with Gasteiger partial charge in [0, 0.05) is 35.3 Å². The predicted molar refractivity (Wildman–Crippen MR) is 88.2 cm³/mol. The fourth-order valence-electron chi connectivity index (χ4n) is 2.47. The van der Waals surface area contributed by atoms with Gasteiger partial charge in [-0.15, -0.1) is 0 Å². The van der Waals surface area contributed by atoms with Gasteiger partial charge in [-0.3, -0.25) is 0 Å². The SMILES string of the molecule is CC(C)(C)NCc1cc(Br)ccc1N1CCC(O)CC1. The largest absolute Gasteiger partial charge is 0.393 e. The fourth-order valence-corrected chi connectivity index (χ4v) is 2.88. The number of nitrogens with zero attached hydrogens (tertiary/aromatic N) is 1. The first kappa shape index (κ1) is 15.8. The van der Waals surface area contributed by atoms with E-state index in [0.29, 0.717) is 0 Å². The minimum absolute atomic E-state index is 0.109. The number of anilines is 1. The van der Waals surface area contributed by atoms with Crippen LogP contribution >= 0.6 is 15.9 Å². The molecule has 0 bridgehead atoms. The average Bonchev–Trinajstić information content (AvgIpc) is 2.37. The molecule has 112 valence electrons. The molecule has 0 aliphatic carbocycles. The maximum absolute atomic E-state index is 9.65. The van der Waals surface area contributed by atoms with E-state index in [1.54, 1.807) is 0 Å². The lowest BCUT2D eigenvalue weighted by Crippen LogP contribution is -2.38. The number of hydrogen-bond acceptors (Lipinski definition) is 3. The van der Waals surface area contributed by atoms with Gasteiger partial charge in [0.15, 0.2) is 0 Å². The lowest BCUT2D eigenvalue weighted by molar-refractivity contribution is 0.145. The van der Waals surface area contributed by atoms with Crippen molar-refractivity contribution in [2.24, 2.45) is 0 Å². The molecule has 1 aliphatic rings. The summed E-state index contributed by atoms with van der Waals surface area (Å²) >= 11 is 3.56. The molecule has 0 amide bonds. The van der Waals surface area contributed by atoms with E-state index in [0.717, 1.165) is 36.9 Å². The fraction of sp³-hybridized carbons (Fsp3) is 0.625. The van der Waals surface area contributed by atoms with Crippen LogP contribution in [0.4, 0.5) is 5.69 Å². The second-order valence-electron chi connectivity index (χ2n) is 6.59. The van der Waals surface area contributed by atoms with Gasteiger partial charge in [0.1, 0.15) is 0 Å². The second-order valence-corrected chi connectivity index (χ2v) is 7.51. The van der Waals surface area contributed by atoms with Gasteiger partial charge in [-0.25, -0.2) is 0 Å². The van der Waals surface area contributed by atoms with Crippen LogP contribution in [0.5, 0.6) is 0 Å². The minimum atomic E-state index is -0.127. The van der Waals surface area contributed by atoms with Crippen LogP contribution in [-0.2, 0) is 6.54 Å². The standard InChI is InChI=1S/C16H25BrN2O/c1-16(2,3)18-11-12-10-13(17)4-5-15(12)19-8-6-14(20)7-9-19/h4-5,10,14,18,20H,6-9,11H2,1-3H3. The van der Waals surface area contributed by atoms with Gasteiger partial charge in [0.05, 0.1) is 6.10 Å². The third-order valence-corrected chi connectivity index (χ3v) is 4.15. The molecule has 1 aliphatic heterocycles. The third kappa shape index (κ3) is 4.47. The Morgan fingerprint density at radius 1 is 1.30 bits per heavy atom. The zero-order valence-electron chi connectivity index (χ0n) is 12.6. The molecule has 20 heavy (non-hydrogen) atoms. The van der Waals surface area contributed by atoms with Gasteiger partial charge in [0.25, 0.3) is 0 Å². The van der Waals surface area contributed by atoms with Gasteiger partial charge in [-0.05, 0) is 57.4 Å². The summed E-state index contributed by atoms with van der Waals surface area (Å²) in [7, 11) is 0. The number of hydrogen-bond donors (Lipinski definition) is 2. The van der Waals surface area contributed by atoms with Crippen molar-refractivity contribution in [2.75, 3.05) is 18.0 Å². The molecule has 0 atom stereocenters. The topological polar surface area (TPSA) is 35.5 Å². The van der Waals surface area contributed by atoms with Crippen LogP contribution in [0.25, 0.3) is 0 Å². The lowest BCUT2D eigenvalue weighted by Gasteiger charge is -2.33. The van der Waals surface area contributed by atoms with E-state index in [1.807, 2.05) is 0 Å². The Kier molecular flexibility index (Phi) is 5.10. The monoisotopic (exact) mass is 340 g/mol. The molecule has 0 unspecified atom stereocenters. The molecular weight excluding hydrogens is 316 g/mol. The number of piperidine rings is 1. The van der Waals surface area contributed by atoms with E-state index in [-0.39, 0.29) is 11.6 Å². The van der Waals surface area contributed by atoms with Gasteiger partial charge in [0.2, 0.25) is 0 Å². The van der Waals surface area contributed by atoms with Crippen molar-refractivity contribution >= 4 is 21.6 Å². The summed E-state index contributed by atoms with van der Waals surface area (Å²) in [6.45, 7) is 9.28. The van der Waals surface area contributed by atoms with E-state index in [2.05, 4.69) is 65.1 Å². The first-order chi connectivity index (χ1) is 9.35. The number of aliphatic hydroxyl groups excluding tert-OH is 1. The highest BCUT2D eigenvalue weighted by molar-refractivity contribution is 9.10. The Morgan fingerprint density at radius 3 is 2.55 bits per heavy atom. The number of rotatable bonds is 3. The molecule has 1 saturated heterocycles. The van der Waals surface area contributed by atoms with E-state index in [1.165, 1.54) is 11.3 Å². The van der Waals surface area contributed by atoms with Crippen LogP contribution < -0.4 is 10.2 Å². The zero-order valence-corrected chi connectivity index (χ0v) is 14.2. The van der Waals surface area contributed by atoms with Crippen molar-refractivity contribution in [3.8, 4) is 0 Å². The van der Waals surface area contributed by atoms with Crippen molar-refractivity contribution in [2.45, 2.75) is 51.8 Å². The van der Waals surface area contributed by atoms with Crippen LogP contribution in [0.1, 0.15) is 39.2 Å². The molecule has 0 aromatic heterocycles. The summed E-state index contributed by atoms with van der Waals surface area (Å²) in [5, 5.41) is 13.2. The molecule has 0 radical (unpaired) electrons. The Hall–Kier alpha value is -0.580. The molecule has 4 heteroatoms. The van der Waals surface area contributed by atoms with E-state index in [4.69, 9.17) is 0 Å². The molecular formula is C16H25BrN2O. The molecule has 0 saturated carbocycles. The smallest absolute Gasteiger partial charge is 0.0574 e. The summed E-state index contributed by atoms with van der Waals surface area (Å²) in [4.78, 5) is 2.39. The molecule has 0 spiro atoms. The Labute approximate surface area is 130 Å². The van der Waals surface area contributed by atoms with Crippen molar-refractivity contribution in [1.29, 1.82) is 0 Å². The Balaban J connectivity index is 2.15. The number of halogens is 1. The highest BCUT2D eigenvalue weighted by atomic mass is 79.9. The summed E-state index contributed by atoms with van der Waals surface area (Å²) in [6.07, 6.45) is 1.60. The van der Waals surface area contributed by atoms with Crippen LogP contribution in [0, 0.1) is 0 Å². The summed E-state index contributed by atoms with van der Waals surface area (Å²) in [5.41, 5.74) is 2.71. The van der Waals surface area contributed by atoms with E-state index >= 15 is 0 Å². The Morgan fingerprint density at radius 2 is 1.95 bits per heavy atom. The second kappa shape index (κ2) is 6.46. The first-order valence-corrected chi connectivity index (χ1v) is 8.11. The lowest BCUT2D eigenvalue weighted by atomic mass is 10.0. The average molecular weight is 341 g/mol. The van der Waals surface area contributed by atoms with Crippen LogP contribution in [0.15, 0.2) is 22.7 Å². The van der Waals surface area contributed by atoms with Gasteiger partial charge in [-0.2, -0.15) is 0 Å². The first-order valence-electron chi connectivity index (χ1n) is 7.31. The highest BCUT2D eigenvalue weighted by Gasteiger charge is 2.20. The molecule has 1 heterocycles. The molecule has 1 fully saturated rings. The summed E-state index contributed by atoms with van der Waals surface area (Å²) in [6, 6.07) is 6.47. The highest BCUT2D eigenvalue weighted by Crippen LogP contribution is 2.27. The van der Waals surface area contributed by atoms with E-state index < -0.39 is 0 Å². The number of benzene rings is 1. The van der Waals surface area contributed by atoms with Crippen LogP contribution in [-0.4, -0.2) is 29.8 Å².